The molecule has 0 radical (unpaired) electrons. The Morgan fingerprint density at radius 1 is 0.872 bits per heavy atom. The Labute approximate surface area is 229 Å². The highest BCUT2D eigenvalue weighted by Crippen LogP contribution is 2.36. The molecule has 0 amide bonds. The van der Waals surface area contributed by atoms with E-state index in [4.69, 9.17) is 14.2 Å². The number of pyridine rings is 1. The highest BCUT2D eigenvalue weighted by Gasteiger charge is 2.29. The molecule has 11 heteroatoms. The summed E-state index contributed by atoms with van der Waals surface area (Å²) in [4.78, 5) is 8.84. The highest BCUT2D eigenvalue weighted by atomic mass is 32.2. The van der Waals surface area contributed by atoms with Gasteiger partial charge in [-0.2, -0.15) is 0 Å². The van der Waals surface area contributed by atoms with Crippen LogP contribution >= 0.6 is 11.3 Å². The molecule has 0 spiro atoms. The van der Waals surface area contributed by atoms with E-state index in [0.717, 1.165) is 0 Å². The second kappa shape index (κ2) is 10.9. The van der Waals surface area contributed by atoms with Crippen LogP contribution in [0.25, 0.3) is 22.0 Å². The van der Waals surface area contributed by atoms with Gasteiger partial charge in [-0.15, -0.1) is 11.3 Å². The van der Waals surface area contributed by atoms with E-state index in [1.54, 1.807) is 67.3 Å². The van der Waals surface area contributed by atoms with Gasteiger partial charge >= 0.3 is 0 Å². The third-order valence-electron chi connectivity index (χ3n) is 6.18. The molecule has 0 N–H and O–H groups in total. The maximum atomic E-state index is 14.0. The van der Waals surface area contributed by atoms with Crippen molar-refractivity contribution in [1.29, 1.82) is 0 Å². The maximum Gasteiger partial charge on any atom is 0.266 e. The third-order valence-corrected chi connectivity index (χ3v) is 8.83. The van der Waals surface area contributed by atoms with Gasteiger partial charge < -0.3 is 14.2 Å². The number of benzene rings is 3. The van der Waals surface area contributed by atoms with E-state index in [1.165, 1.54) is 48.1 Å². The van der Waals surface area contributed by atoms with Crippen LogP contribution in [0.2, 0.25) is 0 Å². The molecule has 39 heavy (non-hydrogen) atoms. The monoisotopic (exact) mass is 565 g/mol. The molecule has 0 fully saturated rings. The summed E-state index contributed by atoms with van der Waals surface area (Å²) >= 11 is 1.22. The lowest BCUT2D eigenvalue weighted by Crippen LogP contribution is -2.30. The van der Waals surface area contributed by atoms with Crippen LogP contribution < -0.4 is 18.5 Å². The minimum Gasteiger partial charge on any atom is -0.497 e. The van der Waals surface area contributed by atoms with Gasteiger partial charge in [0.2, 0.25) is 0 Å². The van der Waals surface area contributed by atoms with Crippen LogP contribution in [0.5, 0.6) is 17.2 Å². The van der Waals surface area contributed by atoms with E-state index in [2.05, 4.69) is 9.97 Å². The number of halogens is 1. The fourth-order valence-corrected chi connectivity index (χ4v) is 6.55. The van der Waals surface area contributed by atoms with E-state index >= 15 is 0 Å². The minimum absolute atomic E-state index is 0.00454. The fraction of sp³-hybridized carbons (Fsp3) is 0.143. The number of hydrogen-bond acceptors (Lipinski definition) is 8. The molecule has 5 rings (SSSR count). The molecule has 8 nitrogen and oxygen atoms in total. The Balaban J connectivity index is 1.59. The van der Waals surface area contributed by atoms with Crippen LogP contribution in [0.3, 0.4) is 0 Å². The summed E-state index contributed by atoms with van der Waals surface area (Å²) in [7, 11) is 0.476. The largest absolute Gasteiger partial charge is 0.497 e. The summed E-state index contributed by atoms with van der Waals surface area (Å²) in [6.45, 7) is -0.00454. The number of sulfonamides is 1. The molecule has 0 atom stereocenters. The van der Waals surface area contributed by atoms with Gasteiger partial charge in [0.15, 0.2) is 5.13 Å². The number of ether oxygens (including phenoxy) is 3. The number of thiazole rings is 1. The first-order valence-corrected chi connectivity index (χ1v) is 14.0. The predicted molar refractivity (Wildman–Crippen MR) is 149 cm³/mol. The topological polar surface area (TPSA) is 90.9 Å². The van der Waals surface area contributed by atoms with Crippen molar-refractivity contribution in [2.45, 2.75) is 11.4 Å². The quantitative estimate of drug-likeness (QED) is 0.219. The molecule has 2 aromatic heterocycles. The van der Waals surface area contributed by atoms with Crippen molar-refractivity contribution in [3.63, 3.8) is 0 Å². The number of nitrogens with zero attached hydrogens (tertiary/aromatic N) is 3. The summed E-state index contributed by atoms with van der Waals surface area (Å²) in [5.74, 6) is 0.986. The van der Waals surface area contributed by atoms with Crippen molar-refractivity contribution < 1.29 is 27.0 Å². The number of rotatable bonds is 9. The fourth-order valence-electron chi connectivity index (χ4n) is 4.25. The molecule has 0 aliphatic rings. The second-order valence-electron chi connectivity index (χ2n) is 8.39. The Morgan fingerprint density at radius 3 is 2.41 bits per heavy atom. The molecule has 2 heterocycles. The first kappa shape index (κ1) is 26.4. The Hall–Kier alpha value is -4.22. The van der Waals surface area contributed by atoms with Gasteiger partial charge in [-0.3, -0.25) is 4.98 Å². The Bertz CT molecular complexity index is 1740. The number of methoxy groups -OCH3 is 3. The van der Waals surface area contributed by atoms with Gasteiger partial charge in [-0.1, -0.05) is 6.07 Å². The van der Waals surface area contributed by atoms with E-state index in [0.29, 0.717) is 50.0 Å². The van der Waals surface area contributed by atoms with Gasteiger partial charge in [0.05, 0.1) is 38.5 Å². The van der Waals surface area contributed by atoms with Crippen LogP contribution in [0.4, 0.5) is 9.52 Å². The summed E-state index contributed by atoms with van der Waals surface area (Å²) in [5, 5.41) is 3.38. The number of aromatic nitrogens is 2. The standard InChI is InChI=1S/C28H24FN3O5S2/c1-35-21-6-4-19(25(16-21)36-2)17-32(28-31-12-13-38-28)39(33,34)22-7-9-23-18(14-22)10-11-30-27(23)24-8-5-20(29)15-26(24)37-3/h4-16H,17H2,1-3H3. The number of fused-ring (bicyclic) bond motifs is 1. The molecule has 0 unspecified atom stereocenters. The lowest BCUT2D eigenvalue weighted by Gasteiger charge is -2.23. The third kappa shape index (κ3) is 5.10. The van der Waals surface area contributed by atoms with Crippen LogP contribution in [0, 0.1) is 5.82 Å². The zero-order chi connectivity index (χ0) is 27.6. The van der Waals surface area contributed by atoms with Crippen LogP contribution in [0.15, 0.2) is 83.3 Å². The SMILES string of the molecule is COc1ccc(CN(c2nccs2)S(=O)(=O)c2ccc3c(-c4ccc(F)cc4OC)nccc3c2)c(OC)c1. The van der Waals surface area contributed by atoms with Crippen molar-refractivity contribution in [3.8, 4) is 28.5 Å². The molecule has 5 aromatic rings. The molecule has 200 valence electrons. The summed E-state index contributed by atoms with van der Waals surface area (Å²) < 4.78 is 59.3. The molecule has 0 bridgehead atoms. The lowest BCUT2D eigenvalue weighted by atomic mass is 10.0. The molecule has 0 saturated carbocycles. The molecular weight excluding hydrogens is 541 g/mol. The van der Waals surface area contributed by atoms with Gasteiger partial charge in [-0.25, -0.2) is 22.1 Å². The lowest BCUT2D eigenvalue weighted by molar-refractivity contribution is 0.391. The average molecular weight is 566 g/mol. The summed E-state index contributed by atoms with van der Waals surface area (Å²) in [6.07, 6.45) is 3.14. The van der Waals surface area contributed by atoms with E-state index in [9.17, 15) is 12.8 Å². The average Bonchev–Trinajstić information content (AvgIpc) is 3.49. The van der Waals surface area contributed by atoms with Crippen LogP contribution in [-0.4, -0.2) is 39.7 Å². The number of anilines is 1. The highest BCUT2D eigenvalue weighted by molar-refractivity contribution is 7.93. The Morgan fingerprint density at radius 2 is 1.69 bits per heavy atom. The van der Waals surface area contributed by atoms with E-state index < -0.39 is 15.8 Å². The molecule has 3 aromatic carbocycles. The minimum atomic E-state index is -4.05. The molecule has 0 aliphatic carbocycles. The maximum absolute atomic E-state index is 14.0. The van der Waals surface area contributed by atoms with Gasteiger partial charge in [0, 0.05) is 46.4 Å². The van der Waals surface area contributed by atoms with E-state index in [1.807, 2.05) is 0 Å². The van der Waals surface area contributed by atoms with Crippen molar-refractivity contribution in [1.82, 2.24) is 9.97 Å². The van der Waals surface area contributed by atoms with Crippen molar-refractivity contribution in [3.05, 3.63) is 89.8 Å². The van der Waals surface area contributed by atoms with Gasteiger partial charge in [0.25, 0.3) is 10.0 Å². The van der Waals surface area contributed by atoms with Crippen molar-refractivity contribution in [2.24, 2.45) is 0 Å². The van der Waals surface area contributed by atoms with Crippen LogP contribution in [-0.2, 0) is 16.6 Å². The van der Waals surface area contributed by atoms with Gasteiger partial charge in [0.1, 0.15) is 23.1 Å². The summed E-state index contributed by atoms with van der Waals surface area (Å²) in [6, 6.07) is 16.0. The zero-order valence-corrected chi connectivity index (χ0v) is 22.9. The first-order valence-electron chi connectivity index (χ1n) is 11.7. The molecule has 0 saturated heterocycles. The van der Waals surface area contributed by atoms with Crippen molar-refractivity contribution >= 4 is 37.3 Å². The molecular formula is C28H24FN3O5S2. The second-order valence-corrected chi connectivity index (χ2v) is 11.1. The first-order chi connectivity index (χ1) is 18.8. The normalized spacial score (nSPS) is 11.4. The number of hydrogen-bond donors (Lipinski definition) is 0. The zero-order valence-electron chi connectivity index (χ0n) is 21.3. The van der Waals surface area contributed by atoms with E-state index in [-0.39, 0.29) is 11.4 Å². The van der Waals surface area contributed by atoms with Crippen LogP contribution in [0.1, 0.15) is 5.56 Å². The smallest absolute Gasteiger partial charge is 0.266 e. The summed E-state index contributed by atoms with van der Waals surface area (Å²) in [5.41, 5.74) is 1.79. The van der Waals surface area contributed by atoms with Crippen molar-refractivity contribution in [2.75, 3.05) is 25.6 Å². The Kier molecular flexibility index (Phi) is 7.36. The predicted octanol–water partition coefficient (Wildman–Crippen LogP) is 5.92. The molecule has 0 aliphatic heterocycles. The van der Waals surface area contributed by atoms with Gasteiger partial charge in [-0.05, 0) is 47.9 Å².